The highest BCUT2D eigenvalue weighted by Gasteiger charge is 2.18. The average molecular weight is 493 g/mol. The van der Waals surface area contributed by atoms with Gasteiger partial charge in [-0.15, -0.1) is 0 Å². The maximum Gasteiger partial charge on any atom is 0.232 e. The van der Waals surface area contributed by atoms with Crippen molar-refractivity contribution in [2.45, 2.75) is 12.8 Å². The molecule has 168 valence electrons. The third-order valence-electron chi connectivity index (χ3n) is 4.47. The number of carbonyl (C=O) groups is 1. The van der Waals surface area contributed by atoms with Crippen LogP contribution in [0, 0.1) is 0 Å². The lowest BCUT2D eigenvalue weighted by Crippen LogP contribution is -2.31. The predicted molar refractivity (Wildman–Crippen MR) is 129 cm³/mol. The Hall–Kier alpha value is -2.74. The number of hydrogen-bond acceptors (Lipinski definition) is 4. The number of anilines is 2. The molecule has 3 rings (SSSR count). The predicted octanol–water partition coefficient (Wildman–Crippen LogP) is 5.97. The number of amides is 1. The summed E-state index contributed by atoms with van der Waals surface area (Å²) in [5, 5.41) is 3.76. The van der Waals surface area contributed by atoms with Gasteiger partial charge in [-0.1, -0.05) is 41.4 Å². The monoisotopic (exact) mass is 492 g/mol. The van der Waals surface area contributed by atoms with Crippen LogP contribution in [-0.2, 0) is 14.8 Å². The van der Waals surface area contributed by atoms with Crippen molar-refractivity contribution in [2.24, 2.45) is 0 Å². The minimum Gasteiger partial charge on any atom is -0.455 e. The molecule has 0 aliphatic carbocycles. The van der Waals surface area contributed by atoms with Gasteiger partial charge in [-0.05, 0) is 61.0 Å². The Bertz CT molecular complexity index is 1170. The van der Waals surface area contributed by atoms with Gasteiger partial charge in [0, 0.05) is 23.0 Å². The molecule has 6 nitrogen and oxygen atoms in total. The number of ether oxygens (including phenoxy) is 1. The Balaban J connectivity index is 1.64. The SMILES string of the molecule is CS(=O)(=O)N(CCCC(=O)Nc1cc(Cl)ccc1Oc1ccccc1)c1ccc(Cl)cc1. The molecule has 3 aromatic carbocycles. The van der Waals surface area contributed by atoms with Crippen molar-refractivity contribution < 1.29 is 17.9 Å². The number of hydrogen-bond donors (Lipinski definition) is 1. The van der Waals surface area contributed by atoms with Gasteiger partial charge in [-0.25, -0.2) is 8.42 Å². The van der Waals surface area contributed by atoms with Crippen LogP contribution >= 0.6 is 23.2 Å². The van der Waals surface area contributed by atoms with Crippen LogP contribution in [0.4, 0.5) is 11.4 Å². The molecule has 0 fully saturated rings. The first kappa shape index (κ1) is 23.9. The lowest BCUT2D eigenvalue weighted by atomic mass is 10.2. The molecule has 0 spiro atoms. The first-order chi connectivity index (χ1) is 15.2. The summed E-state index contributed by atoms with van der Waals surface area (Å²) in [7, 11) is -3.51. The summed E-state index contributed by atoms with van der Waals surface area (Å²) in [5.41, 5.74) is 0.926. The van der Waals surface area contributed by atoms with Crippen LogP contribution in [0.25, 0.3) is 0 Å². The molecule has 32 heavy (non-hydrogen) atoms. The van der Waals surface area contributed by atoms with Crippen LogP contribution in [0.5, 0.6) is 11.5 Å². The normalized spacial score (nSPS) is 11.1. The number of carbonyl (C=O) groups excluding carboxylic acids is 1. The second kappa shape index (κ2) is 10.7. The van der Waals surface area contributed by atoms with E-state index in [4.69, 9.17) is 27.9 Å². The molecule has 1 N–H and O–H groups in total. The van der Waals surface area contributed by atoms with Crippen LogP contribution in [0.15, 0.2) is 72.8 Å². The number of halogens is 2. The van der Waals surface area contributed by atoms with Gasteiger partial charge in [0.2, 0.25) is 15.9 Å². The van der Waals surface area contributed by atoms with E-state index in [1.807, 2.05) is 18.2 Å². The number of para-hydroxylation sites is 1. The Kier molecular flexibility index (Phi) is 8.01. The van der Waals surface area contributed by atoms with Gasteiger partial charge >= 0.3 is 0 Å². The van der Waals surface area contributed by atoms with E-state index in [1.54, 1.807) is 54.6 Å². The zero-order valence-electron chi connectivity index (χ0n) is 17.3. The summed E-state index contributed by atoms with van der Waals surface area (Å²) in [6.45, 7) is 0.150. The summed E-state index contributed by atoms with van der Waals surface area (Å²) in [6.07, 6.45) is 1.55. The average Bonchev–Trinajstić information content (AvgIpc) is 2.74. The number of nitrogens with one attached hydrogen (secondary N) is 1. The Morgan fingerprint density at radius 1 is 0.969 bits per heavy atom. The molecule has 0 aliphatic heterocycles. The zero-order valence-corrected chi connectivity index (χ0v) is 19.6. The van der Waals surface area contributed by atoms with Crippen molar-refractivity contribution in [2.75, 3.05) is 22.4 Å². The summed E-state index contributed by atoms with van der Waals surface area (Å²) in [4.78, 5) is 12.5. The van der Waals surface area contributed by atoms with E-state index in [1.165, 1.54) is 4.31 Å². The Labute approximate surface area is 197 Å². The van der Waals surface area contributed by atoms with E-state index < -0.39 is 10.0 Å². The van der Waals surface area contributed by atoms with Gasteiger partial charge in [-0.2, -0.15) is 0 Å². The quantitative estimate of drug-likeness (QED) is 0.399. The Morgan fingerprint density at radius 3 is 2.28 bits per heavy atom. The standard InChI is InChI=1S/C23H22Cl2N2O4S/c1-32(29,30)27(19-12-9-17(24)10-13-19)15-5-8-23(28)26-21-16-18(25)11-14-22(21)31-20-6-3-2-4-7-20/h2-4,6-7,9-14,16H,5,8,15H2,1H3,(H,26,28). The van der Waals surface area contributed by atoms with Crippen LogP contribution in [0.2, 0.25) is 10.0 Å². The van der Waals surface area contributed by atoms with E-state index in [0.29, 0.717) is 39.3 Å². The van der Waals surface area contributed by atoms with Crippen molar-refractivity contribution in [1.82, 2.24) is 0 Å². The van der Waals surface area contributed by atoms with Gasteiger partial charge < -0.3 is 10.1 Å². The molecule has 0 heterocycles. The largest absolute Gasteiger partial charge is 0.455 e. The summed E-state index contributed by atoms with van der Waals surface area (Å²) >= 11 is 12.0. The van der Waals surface area contributed by atoms with E-state index in [9.17, 15) is 13.2 Å². The fraction of sp³-hybridized carbons (Fsp3) is 0.174. The van der Waals surface area contributed by atoms with Gasteiger partial charge in [-0.3, -0.25) is 9.10 Å². The smallest absolute Gasteiger partial charge is 0.232 e. The third kappa shape index (κ3) is 6.88. The van der Waals surface area contributed by atoms with Crippen molar-refractivity contribution in [3.63, 3.8) is 0 Å². The first-order valence-corrected chi connectivity index (χ1v) is 12.4. The summed E-state index contributed by atoms with van der Waals surface area (Å²) < 4.78 is 31.5. The van der Waals surface area contributed by atoms with E-state index >= 15 is 0 Å². The second-order valence-corrected chi connectivity index (χ2v) is 9.80. The highest BCUT2D eigenvalue weighted by molar-refractivity contribution is 7.92. The minimum absolute atomic E-state index is 0.108. The number of benzene rings is 3. The number of nitrogens with zero attached hydrogens (tertiary/aromatic N) is 1. The van der Waals surface area contributed by atoms with Crippen molar-refractivity contribution in [3.05, 3.63) is 82.8 Å². The van der Waals surface area contributed by atoms with Crippen LogP contribution in [0.1, 0.15) is 12.8 Å². The van der Waals surface area contributed by atoms with Crippen molar-refractivity contribution >= 4 is 50.5 Å². The maximum atomic E-state index is 12.5. The van der Waals surface area contributed by atoms with Crippen molar-refractivity contribution in [1.29, 1.82) is 0 Å². The van der Waals surface area contributed by atoms with Gasteiger partial charge in [0.1, 0.15) is 5.75 Å². The van der Waals surface area contributed by atoms with Gasteiger partial charge in [0.25, 0.3) is 0 Å². The molecule has 0 saturated heterocycles. The first-order valence-electron chi connectivity index (χ1n) is 9.78. The van der Waals surface area contributed by atoms with E-state index in [2.05, 4.69) is 5.32 Å². The van der Waals surface area contributed by atoms with E-state index in [0.717, 1.165) is 6.26 Å². The molecule has 9 heteroatoms. The highest BCUT2D eigenvalue weighted by Crippen LogP contribution is 2.32. The molecule has 0 aliphatic rings. The zero-order chi connectivity index (χ0) is 23.1. The summed E-state index contributed by atoms with van der Waals surface area (Å²) in [5.74, 6) is 0.791. The second-order valence-electron chi connectivity index (χ2n) is 7.02. The third-order valence-corrected chi connectivity index (χ3v) is 6.15. The van der Waals surface area contributed by atoms with Crippen LogP contribution in [-0.4, -0.2) is 27.1 Å². The molecule has 1 amide bonds. The lowest BCUT2D eigenvalue weighted by molar-refractivity contribution is -0.116. The molecule has 0 aromatic heterocycles. The highest BCUT2D eigenvalue weighted by atomic mass is 35.5. The van der Waals surface area contributed by atoms with E-state index in [-0.39, 0.29) is 18.9 Å². The Morgan fingerprint density at radius 2 is 1.62 bits per heavy atom. The molecule has 0 radical (unpaired) electrons. The molecule has 3 aromatic rings. The molecule has 0 bridgehead atoms. The summed E-state index contributed by atoms with van der Waals surface area (Å²) in [6, 6.07) is 20.6. The van der Waals surface area contributed by atoms with Crippen molar-refractivity contribution in [3.8, 4) is 11.5 Å². The maximum absolute atomic E-state index is 12.5. The number of rotatable bonds is 9. The topological polar surface area (TPSA) is 75.7 Å². The van der Waals surface area contributed by atoms with Crippen LogP contribution in [0.3, 0.4) is 0 Å². The molecular formula is C23H22Cl2N2O4S. The van der Waals surface area contributed by atoms with Gasteiger partial charge in [0.15, 0.2) is 5.75 Å². The fourth-order valence-electron chi connectivity index (χ4n) is 2.99. The number of sulfonamides is 1. The molecule has 0 atom stereocenters. The molecular weight excluding hydrogens is 471 g/mol. The fourth-order valence-corrected chi connectivity index (χ4v) is 4.26. The molecule has 0 unspecified atom stereocenters. The lowest BCUT2D eigenvalue weighted by Gasteiger charge is -2.22. The van der Waals surface area contributed by atoms with Crippen LogP contribution < -0.4 is 14.4 Å². The van der Waals surface area contributed by atoms with Gasteiger partial charge in [0.05, 0.1) is 17.6 Å². The minimum atomic E-state index is -3.51. The molecule has 0 saturated carbocycles.